The lowest BCUT2D eigenvalue weighted by Crippen LogP contribution is -2.27. The zero-order valence-corrected chi connectivity index (χ0v) is 28.5. The SMILES string of the molecule is C/C=C\c1cc(-c2ccc(C3=C(c4ccccc4)C(c4ccccc4)NC(c4ccccc4)=C3c3ccccc3)cc2)c(/C=C\C)c(N)c1N. The lowest BCUT2D eigenvalue weighted by atomic mass is 9.77. The molecule has 1 heterocycles. The van der Waals surface area contributed by atoms with Crippen molar-refractivity contribution in [1.82, 2.24) is 5.32 Å². The van der Waals surface area contributed by atoms with Crippen LogP contribution in [0.4, 0.5) is 11.4 Å². The molecule has 50 heavy (non-hydrogen) atoms. The van der Waals surface area contributed by atoms with Crippen molar-refractivity contribution in [3.63, 3.8) is 0 Å². The van der Waals surface area contributed by atoms with E-state index in [1.807, 2.05) is 38.2 Å². The summed E-state index contributed by atoms with van der Waals surface area (Å²) in [7, 11) is 0. The number of rotatable bonds is 8. The lowest BCUT2D eigenvalue weighted by Gasteiger charge is -2.36. The molecule has 3 nitrogen and oxygen atoms in total. The second-order valence-corrected chi connectivity index (χ2v) is 12.5. The van der Waals surface area contributed by atoms with Crippen molar-refractivity contribution in [1.29, 1.82) is 0 Å². The number of allylic oxidation sites excluding steroid dienone is 4. The van der Waals surface area contributed by atoms with Gasteiger partial charge in [-0.2, -0.15) is 0 Å². The van der Waals surface area contributed by atoms with Gasteiger partial charge in [-0.15, -0.1) is 0 Å². The van der Waals surface area contributed by atoms with Crippen molar-refractivity contribution in [2.75, 3.05) is 11.5 Å². The monoisotopic (exact) mass is 647 g/mol. The minimum absolute atomic E-state index is 0.0995. The Labute approximate surface area is 295 Å². The van der Waals surface area contributed by atoms with E-state index >= 15 is 0 Å². The molecule has 0 fully saturated rings. The van der Waals surface area contributed by atoms with E-state index in [-0.39, 0.29) is 6.04 Å². The highest BCUT2D eigenvalue weighted by atomic mass is 14.9. The molecule has 1 atom stereocenters. The molecule has 1 aliphatic heterocycles. The van der Waals surface area contributed by atoms with E-state index in [2.05, 4.69) is 157 Å². The molecule has 1 aliphatic rings. The molecular formula is C47H41N3. The number of hydrogen-bond donors (Lipinski definition) is 3. The molecular weight excluding hydrogens is 607 g/mol. The summed E-state index contributed by atoms with van der Waals surface area (Å²) < 4.78 is 0. The predicted molar refractivity (Wildman–Crippen MR) is 215 cm³/mol. The summed E-state index contributed by atoms with van der Waals surface area (Å²) in [6, 6.07) is 53.9. The van der Waals surface area contributed by atoms with E-state index in [0.717, 1.165) is 50.2 Å². The van der Waals surface area contributed by atoms with Crippen LogP contribution in [0.15, 0.2) is 164 Å². The molecule has 0 saturated heterocycles. The quantitative estimate of drug-likeness (QED) is 0.144. The molecule has 0 bridgehead atoms. The van der Waals surface area contributed by atoms with Gasteiger partial charge in [0.25, 0.3) is 0 Å². The molecule has 0 amide bonds. The zero-order valence-electron chi connectivity index (χ0n) is 28.5. The smallest absolute Gasteiger partial charge is 0.0779 e. The van der Waals surface area contributed by atoms with Crippen molar-refractivity contribution >= 4 is 45.9 Å². The van der Waals surface area contributed by atoms with Crippen LogP contribution < -0.4 is 16.8 Å². The van der Waals surface area contributed by atoms with E-state index in [9.17, 15) is 0 Å². The minimum Gasteiger partial charge on any atom is -0.397 e. The van der Waals surface area contributed by atoms with Crippen molar-refractivity contribution in [2.45, 2.75) is 19.9 Å². The molecule has 3 heteroatoms. The average Bonchev–Trinajstić information content (AvgIpc) is 3.18. The third kappa shape index (κ3) is 6.18. The molecule has 1 unspecified atom stereocenters. The molecule has 6 aromatic rings. The van der Waals surface area contributed by atoms with E-state index in [1.165, 1.54) is 22.3 Å². The van der Waals surface area contributed by atoms with Crippen molar-refractivity contribution in [3.05, 3.63) is 203 Å². The van der Waals surface area contributed by atoms with Crippen LogP contribution in [-0.4, -0.2) is 0 Å². The van der Waals surface area contributed by atoms with Crippen molar-refractivity contribution in [3.8, 4) is 11.1 Å². The Kier molecular flexibility index (Phi) is 9.30. The number of anilines is 2. The van der Waals surface area contributed by atoms with Gasteiger partial charge in [0, 0.05) is 11.1 Å². The highest BCUT2D eigenvalue weighted by Gasteiger charge is 2.33. The van der Waals surface area contributed by atoms with Crippen LogP contribution in [0.3, 0.4) is 0 Å². The van der Waals surface area contributed by atoms with Crippen LogP contribution in [-0.2, 0) is 0 Å². The number of nitrogens with one attached hydrogen (secondary N) is 1. The molecule has 7 rings (SSSR count). The number of dihydropyridines is 1. The highest BCUT2D eigenvalue weighted by molar-refractivity contribution is 6.24. The van der Waals surface area contributed by atoms with Crippen LogP contribution >= 0.6 is 0 Å². The van der Waals surface area contributed by atoms with Crippen LogP contribution in [0.25, 0.3) is 45.7 Å². The van der Waals surface area contributed by atoms with E-state index in [4.69, 9.17) is 11.5 Å². The minimum atomic E-state index is -0.0995. The van der Waals surface area contributed by atoms with Crippen LogP contribution in [0.5, 0.6) is 0 Å². The number of nitrogen functional groups attached to an aromatic ring is 2. The summed E-state index contributed by atoms with van der Waals surface area (Å²) in [5.74, 6) is 0. The van der Waals surface area contributed by atoms with Crippen LogP contribution in [0.1, 0.15) is 58.8 Å². The van der Waals surface area contributed by atoms with E-state index in [0.29, 0.717) is 11.4 Å². The molecule has 0 aromatic heterocycles. The Hall–Kier alpha value is -6.32. The summed E-state index contributed by atoms with van der Waals surface area (Å²) in [5.41, 5.74) is 28.8. The molecule has 5 N–H and O–H groups in total. The summed E-state index contributed by atoms with van der Waals surface area (Å²) >= 11 is 0. The molecule has 0 spiro atoms. The molecule has 0 radical (unpaired) electrons. The van der Waals surface area contributed by atoms with Crippen molar-refractivity contribution < 1.29 is 0 Å². The van der Waals surface area contributed by atoms with Gasteiger partial charge in [0.2, 0.25) is 0 Å². The predicted octanol–water partition coefficient (Wildman–Crippen LogP) is 11.4. The van der Waals surface area contributed by atoms with E-state index in [1.54, 1.807) is 0 Å². The first-order valence-corrected chi connectivity index (χ1v) is 17.1. The van der Waals surface area contributed by atoms with Gasteiger partial charge in [-0.1, -0.05) is 170 Å². The van der Waals surface area contributed by atoms with Crippen LogP contribution in [0.2, 0.25) is 0 Å². The fourth-order valence-corrected chi connectivity index (χ4v) is 7.02. The van der Waals surface area contributed by atoms with E-state index < -0.39 is 0 Å². The third-order valence-electron chi connectivity index (χ3n) is 9.33. The highest BCUT2D eigenvalue weighted by Crippen LogP contribution is 2.50. The molecule has 244 valence electrons. The van der Waals surface area contributed by atoms with Gasteiger partial charge in [-0.25, -0.2) is 0 Å². The van der Waals surface area contributed by atoms with Crippen LogP contribution in [0, 0.1) is 0 Å². The van der Waals surface area contributed by atoms with Gasteiger partial charge < -0.3 is 16.8 Å². The summed E-state index contributed by atoms with van der Waals surface area (Å²) in [6.07, 6.45) is 8.06. The van der Waals surface area contributed by atoms with Gasteiger partial charge in [0.15, 0.2) is 0 Å². The first-order valence-electron chi connectivity index (χ1n) is 17.1. The standard InChI is InChI=1S/C47H41N3/c1-3-17-38-31-40(39(18-4-2)45(49)44(38)48)32-27-29-35(30-28-32)41-42(33-19-9-5-10-20-33)46(36-23-13-7-14-24-36)50-47(37-25-15-8-16-26-37)43(41)34-21-11-6-12-22-34/h3-31,46,50H,48-49H2,1-2H3/b17-3-,18-4-. The largest absolute Gasteiger partial charge is 0.397 e. The van der Waals surface area contributed by atoms with Gasteiger partial charge >= 0.3 is 0 Å². The first-order chi connectivity index (χ1) is 24.6. The second-order valence-electron chi connectivity index (χ2n) is 12.5. The van der Waals surface area contributed by atoms with Crippen molar-refractivity contribution in [2.24, 2.45) is 0 Å². The Morgan fingerprint density at radius 1 is 0.500 bits per heavy atom. The maximum atomic E-state index is 6.66. The van der Waals surface area contributed by atoms with Gasteiger partial charge in [-0.05, 0) is 75.6 Å². The maximum Gasteiger partial charge on any atom is 0.0779 e. The van der Waals surface area contributed by atoms with Gasteiger partial charge in [-0.3, -0.25) is 0 Å². The Morgan fingerprint density at radius 2 is 1.00 bits per heavy atom. The average molecular weight is 648 g/mol. The Morgan fingerprint density at radius 3 is 1.58 bits per heavy atom. The zero-order chi connectivity index (χ0) is 34.5. The number of benzene rings is 6. The third-order valence-corrected chi connectivity index (χ3v) is 9.33. The normalized spacial score (nSPS) is 14.8. The number of hydrogen-bond acceptors (Lipinski definition) is 3. The first kappa shape index (κ1) is 32.2. The lowest BCUT2D eigenvalue weighted by molar-refractivity contribution is 0.787. The summed E-state index contributed by atoms with van der Waals surface area (Å²) in [5, 5.41) is 4.05. The molecule has 0 aliphatic carbocycles. The summed E-state index contributed by atoms with van der Waals surface area (Å²) in [6.45, 7) is 3.99. The van der Waals surface area contributed by atoms with Gasteiger partial charge in [0.1, 0.15) is 0 Å². The fourth-order valence-electron chi connectivity index (χ4n) is 7.02. The number of nitrogens with two attached hydrogens (primary N) is 2. The fraction of sp³-hybridized carbons (Fsp3) is 0.0638. The second kappa shape index (κ2) is 14.4. The molecule has 6 aromatic carbocycles. The Balaban J connectivity index is 1.53. The maximum absolute atomic E-state index is 6.66. The van der Waals surface area contributed by atoms with Gasteiger partial charge in [0.05, 0.1) is 23.1 Å². The summed E-state index contributed by atoms with van der Waals surface area (Å²) in [4.78, 5) is 0. The topological polar surface area (TPSA) is 64.1 Å². The Bertz CT molecular complexity index is 2230. The molecule has 0 saturated carbocycles.